The van der Waals surface area contributed by atoms with Gasteiger partial charge in [-0.1, -0.05) is 11.6 Å². The zero-order valence-electron chi connectivity index (χ0n) is 8.53. The van der Waals surface area contributed by atoms with Gasteiger partial charge in [-0.15, -0.1) is 0 Å². The molecule has 0 amide bonds. The molecule has 4 nitrogen and oxygen atoms in total. The minimum Gasteiger partial charge on any atom is -0.351 e. The summed E-state index contributed by atoms with van der Waals surface area (Å²) in [4.78, 5) is 17.7. The van der Waals surface area contributed by atoms with Crippen molar-refractivity contribution in [1.29, 1.82) is 0 Å². The highest BCUT2D eigenvalue weighted by molar-refractivity contribution is 6.29. The Labute approximate surface area is 92.5 Å². The highest BCUT2D eigenvalue weighted by atomic mass is 35.5. The fourth-order valence-electron chi connectivity index (χ4n) is 2.76. The Hall–Kier alpha value is -1.03. The average molecular weight is 226 g/mol. The lowest BCUT2D eigenvalue weighted by Gasteiger charge is -2.27. The molecule has 1 atom stereocenters. The molecule has 2 aliphatic heterocycles. The predicted molar refractivity (Wildman–Crippen MR) is 58.5 cm³/mol. The number of anilines is 1. The highest BCUT2D eigenvalue weighted by Crippen LogP contribution is 2.40. The summed E-state index contributed by atoms with van der Waals surface area (Å²) in [5.74, 6) is 0.931. The summed E-state index contributed by atoms with van der Waals surface area (Å²) < 4.78 is 1.73. The Kier molecular flexibility index (Phi) is 1.69. The molecular formula is C10H12ClN3O. The smallest absolute Gasteiger partial charge is 0.350 e. The fraction of sp³-hybridized carbons (Fsp3) is 0.600. The van der Waals surface area contributed by atoms with Gasteiger partial charge in [-0.05, 0) is 19.8 Å². The first-order valence-corrected chi connectivity index (χ1v) is 5.53. The van der Waals surface area contributed by atoms with Crippen molar-refractivity contribution in [3.8, 4) is 0 Å². The molecule has 5 heteroatoms. The molecule has 0 bridgehead atoms. The molecule has 0 saturated carbocycles. The summed E-state index contributed by atoms with van der Waals surface area (Å²) in [7, 11) is 0. The number of aromatic nitrogens is 2. The fourth-order valence-corrected chi connectivity index (χ4v) is 2.93. The van der Waals surface area contributed by atoms with E-state index in [1.165, 1.54) is 6.42 Å². The second-order valence-electron chi connectivity index (χ2n) is 4.56. The van der Waals surface area contributed by atoms with E-state index in [9.17, 15) is 4.79 Å². The van der Waals surface area contributed by atoms with Crippen molar-refractivity contribution < 1.29 is 0 Å². The van der Waals surface area contributed by atoms with Gasteiger partial charge in [0.1, 0.15) is 11.0 Å². The minimum absolute atomic E-state index is 0.0958. The summed E-state index contributed by atoms with van der Waals surface area (Å²) in [5, 5.41) is 0.294. The number of hydrogen-bond acceptors (Lipinski definition) is 3. The van der Waals surface area contributed by atoms with E-state index in [1.807, 2.05) is 0 Å². The van der Waals surface area contributed by atoms with Crippen LogP contribution in [0.2, 0.25) is 5.15 Å². The number of halogens is 1. The quantitative estimate of drug-likeness (QED) is 0.624. The van der Waals surface area contributed by atoms with E-state index in [-0.39, 0.29) is 11.2 Å². The summed E-state index contributed by atoms with van der Waals surface area (Å²) >= 11 is 5.81. The van der Waals surface area contributed by atoms with Crippen LogP contribution in [0.25, 0.3) is 0 Å². The van der Waals surface area contributed by atoms with E-state index in [1.54, 1.807) is 10.6 Å². The zero-order valence-corrected chi connectivity index (χ0v) is 9.29. The monoisotopic (exact) mass is 225 g/mol. The van der Waals surface area contributed by atoms with Gasteiger partial charge in [0.2, 0.25) is 0 Å². The van der Waals surface area contributed by atoms with Crippen LogP contribution in [0.3, 0.4) is 0 Å². The predicted octanol–water partition coefficient (Wildman–Crippen LogP) is 1.27. The third-order valence-electron chi connectivity index (χ3n) is 3.48. The topological polar surface area (TPSA) is 38.1 Å². The molecule has 1 saturated heterocycles. The molecular weight excluding hydrogens is 214 g/mol. The maximum absolute atomic E-state index is 11.6. The van der Waals surface area contributed by atoms with Gasteiger partial charge in [0, 0.05) is 12.6 Å². The lowest BCUT2D eigenvalue weighted by atomic mass is 10.0. The molecule has 0 N–H and O–H groups in total. The zero-order chi connectivity index (χ0) is 10.6. The number of fused-ring (bicyclic) bond motifs is 3. The van der Waals surface area contributed by atoms with Gasteiger partial charge in [0.15, 0.2) is 0 Å². The van der Waals surface area contributed by atoms with Crippen LogP contribution < -0.4 is 10.6 Å². The van der Waals surface area contributed by atoms with Crippen molar-refractivity contribution in [2.24, 2.45) is 0 Å². The van der Waals surface area contributed by atoms with Crippen molar-refractivity contribution >= 4 is 17.4 Å². The van der Waals surface area contributed by atoms with Crippen molar-refractivity contribution in [1.82, 2.24) is 9.55 Å². The molecule has 3 rings (SSSR count). The Morgan fingerprint density at radius 2 is 2.40 bits per heavy atom. The molecule has 15 heavy (non-hydrogen) atoms. The molecule has 0 spiro atoms. The molecule has 1 fully saturated rings. The molecule has 0 radical (unpaired) electrons. The third kappa shape index (κ3) is 1.14. The first kappa shape index (κ1) is 9.21. The molecule has 1 aromatic heterocycles. The van der Waals surface area contributed by atoms with Gasteiger partial charge in [0.05, 0.1) is 12.1 Å². The van der Waals surface area contributed by atoms with Crippen LogP contribution in [0.5, 0.6) is 0 Å². The van der Waals surface area contributed by atoms with E-state index >= 15 is 0 Å². The SMILES string of the molecule is CC12CCCN1c1cc(Cl)nc(=O)n1C2. The summed E-state index contributed by atoms with van der Waals surface area (Å²) in [6.45, 7) is 3.95. The van der Waals surface area contributed by atoms with Crippen LogP contribution in [0.1, 0.15) is 19.8 Å². The van der Waals surface area contributed by atoms with Crippen molar-refractivity contribution in [3.05, 3.63) is 21.7 Å². The maximum Gasteiger partial charge on any atom is 0.350 e. The van der Waals surface area contributed by atoms with E-state index in [0.717, 1.165) is 25.3 Å². The van der Waals surface area contributed by atoms with Crippen LogP contribution >= 0.6 is 11.6 Å². The first-order chi connectivity index (χ1) is 7.10. The van der Waals surface area contributed by atoms with Crippen molar-refractivity contribution in [3.63, 3.8) is 0 Å². The van der Waals surface area contributed by atoms with Crippen molar-refractivity contribution in [2.45, 2.75) is 31.8 Å². The Balaban J connectivity index is 2.22. The van der Waals surface area contributed by atoms with Crippen LogP contribution in [-0.2, 0) is 6.54 Å². The largest absolute Gasteiger partial charge is 0.351 e. The van der Waals surface area contributed by atoms with E-state index in [4.69, 9.17) is 11.6 Å². The number of hydrogen-bond donors (Lipinski definition) is 0. The highest BCUT2D eigenvalue weighted by Gasteiger charge is 2.43. The van der Waals surface area contributed by atoms with Crippen LogP contribution in [0, 0.1) is 0 Å². The number of rotatable bonds is 0. The number of nitrogens with zero attached hydrogens (tertiary/aromatic N) is 3. The summed E-state index contributed by atoms with van der Waals surface area (Å²) in [6, 6.07) is 1.79. The molecule has 0 aromatic carbocycles. The average Bonchev–Trinajstić information content (AvgIpc) is 2.62. The molecule has 3 heterocycles. The van der Waals surface area contributed by atoms with Crippen molar-refractivity contribution in [2.75, 3.05) is 11.4 Å². The summed E-state index contributed by atoms with van der Waals surface area (Å²) in [6.07, 6.45) is 2.32. The lowest BCUT2D eigenvalue weighted by molar-refractivity contribution is 0.442. The standard InChI is InChI=1S/C10H12ClN3O/c1-10-3-2-4-14(10)8-5-7(11)12-9(15)13(8)6-10/h5H,2-4,6H2,1H3. The first-order valence-electron chi connectivity index (χ1n) is 5.15. The lowest BCUT2D eigenvalue weighted by Crippen LogP contribution is -2.38. The Morgan fingerprint density at radius 3 is 3.20 bits per heavy atom. The van der Waals surface area contributed by atoms with Crippen LogP contribution in [0.15, 0.2) is 10.9 Å². The van der Waals surface area contributed by atoms with E-state index in [0.29, 0.717) is 5.15 Å². The Bertz CT molecular complexity index is 484. The third-order valence-corrected chi connectivity index (χ3v) is 3.68. The van der Waals surface area contributed by atoms with Gasteiger partial charge in [-0.2, -0.15) is 4.98 Å². The van der Waals surface area contributed by atoms with Gasteiger partial charge in [-0.25, -0.2) is 4.79 Å². The molecule has 80 valence electrons. The summed E-state index contributed by atoms with van der Waals surface area (Å²) in [5.41, 5.74) is -0.133. The van der Waals surface area contributed by atoms with Gasteiger partial charge in [0.25, 0.3) is 0 Å². The van der Waals surface area contributed by atoms with Gasteiger partial charge < -0.3 is 4.90 Å². The van der Waals surface area contributed by atoms with Crippen LogP contribution in [-0.4, -0.2) is 21.6 Å². The van der Waals surface area contributed by atoms with E-state index in [2.05, 4.69) is 16.8 Å². The van der Waals surface area contributed by atoms with Gasteiger partial charge in [-0.3, -0.25) is 4.57 Å². The van der Waals surface area contributed by atoms with E-state index < -0.39 is 0 Å². The second-order valence-corrected chi connectivity index (χ2v) is 4.95. The van der Waals surface area contributed by atoms with Crippen LogP contribution in [0.4, 0.5) is 5.82 Å². The van der Waals surface area contributed by atoms with Gasteiger partial charge >= 0.3 is 5.69 Å². The normalized spacial score (nSPS) is 28.0. The minimum atomic E-state index is -0.229. The molecule has 2 aliphatic rings. The molecule has 1 aromatic rings. The Morgan fingerprint density at radius 1 is 1.60 bits per heavy atom. The maximum atomic E-state index is 11.6. The molecule has 1 unspecified atom stereocenters. The second kappa shape index (κ2) is 2.76. The molecule has 0 aliphatic carbocycles.